The van der Waals surface area contributed by atoms with Crippen LogP contribution in [0.15, 0.2) is 24.3 Å². The van der Waals surface area contributed by atoms with Gasteiger partial charge in [0.1, 0.15) is 0 Å². The number of ether oxygens (including phenoxy) is 1. The standard InChI is InChI=1S/C15H20N2O2/c1-16-7-12-9-17(10-13(12)8-16)14-5-3-11(4-6-14)15(18)19-2/h3-6,12-13H,7-10H2,1-2H3. The third-order valence-corrected chi connectivity index (χ3v) is 4.32. The zero-order chi connectivity index (χ0) is 13.4. The Labute approximate surface area is 113 Å². The first-order valence-corrected chi connectivity index (χ1v) is 6.79. The lowest BCUT2D eigenvalue weighted by Crippen LogP contribution is -2.26. The molecule has 3 rings (SSSR count). The summed E-state index contributed by atoms with van der Waals surface area (Å²) in [6.45, 7) is 4.68. The minimum atomic E-state index is -0.272. The SMILES string of the molecule is COC(=O)c1ccc(N2CC3CN(C)CC3C2)cc1. The van der Waals surface area contributed by atoms with Crippen molar-refractivity contribution in [1.29, 1.82) is 0 Å². The Morgan fingerprint density at radius 2 is 1.68 bits per heavy atom. The quantitative estimate of drug-likeness (QED) is 0.754. The van der Waals surface area contributed by atoms with E-state index in [0.717, 1.165) is 24.9 Å². The summed E-state index contributed by atoms with van der Waals surface area (Å²) in [7, 11) is 3.61. The predicted octanol–water partition coefficient (Wildman–Crippen LogP) is 1.47. The number of benzene rings is 1. The van der Waals surface area contributed by atoms with Crippen molar-refractivity contribution in [3.63, 3.8) is 0 Å². The van der Waals surface area contributed by atoms with Crippen LogP contribution in [0.25, 0.3) is 0 Å². The van der Waals surface area contributed by atoms with Crippen LogP contribution in [0.5, 0.6) is 0 Å². The lowest BCUT2D eigenvalue weighted by atomic mass is 10.0. The maximum absolute atomic E-state index is 11.4. The van der Waals surface area contributed by atoms with Crippen LogP contribution < -0.4 is 4.90 Å². The van der Waals surface area contributed by atoms with Gasteiger partial charge in [0.15, 0.2) is 0 Å². The van der Waals surface area contributed by atoms with Gasteiger partial charge in [-0.1, -0.05) is 0 Å². The molecule has 4 heteroatoms. The third-order valence-electron chi connectivity index (χ3n) is 4.32. The Hall–Kier alpha value is -1.55. The highest BCUT2D eigenvalue weighted by atomic mass is 16.5. The van der Waals surface area contributed by atoms with Crippen LogP contribution in [0, 0.1) is 11.8 Å². The second-order valence-electron chi connectivity index (χ2n) is 5.68. The van der Waals surface area contributed by atoms with Crippen LogP contribution in [0.1, 0.15) is 10.4 Å². The Morgan fingerprint density at radius 1 is 1.11 bits per heavy atom. The lowest BCUT2D eigenvalue weighted by molar-refractivity contribution is 0.0601. The minimum Gasteiger partial charge on any atom is -0.465 e. The number of carbonyl (C=O) groups excluding carboxylic acids is 1. The van der Waals surface area contributed by atoms with E-state index in [1.54, 1.807) is 0 Å². The van der Waals surface area contributed by atoms with Crippen LogP contribution in [0.4, 0.5) is 5.69 Å². The van der Waals surface area contributed by atoms with Crippen LogP contribution >= 0.6 is 0 Å². The van der Waals surface area contributed by atoms with Crippen LogP contribution in [-0.4, -0.2) is 51.2 Å². The van der Waals surface area contributed by atoms with E-state index in [1.807, 2.05) is 24.3 Å². The summed E-state index contributed by atoms with van der Waals surface area (Å²) in [6, 6.07) is 7.75. The van der Waals surface area contributed by atoms with Crippen molar-refractivity contribution in [2.24, 2.45) is 11.8 Å². The fraction of sp³-hybridized carbons (Fsp3) is 0.533. The fourth-order valence-corrected chi connectivity index (χ4v) is 3.36. The van der Waals surface area contributed by atoms with Crippen molar-refractivity contribution in [2.45, 2.75) is 0 Å². The lowest BCUT2D eigenvalue weighted by Gasteiger charge is -2.21. The van der Waals surface area contributed by atoms with Gasteiger partial charge in [-0.15, -0.1) is 0 Å². The van der Waals surface area contributed by atoms with Gasteiger partial charge >= 0.3 is 5.97 Å². The largest absolute Gasteiger partial charge is 0.465 e. The number of rotatable bonds is 2. The first-order valence-electron chi connectivity index (χ1n) is 6.79. The molecule has 0 radical (unpaired) electrons. The number of nitrogens with zero attached hydrogens (tertiary/aromatic N) is 2. The summed E-state index contributed by atoms with van der Waals surface area (Å²) in [5.74, 6) is 1.32. The van der Waals surface area contributed by atoms with Gasteiger partial charge in [-0.25, -0.2) is 4.79 Å². The van der Waals surface area contributed by atoms with Gasteiger partial charge in [0.2, 0.25) is 0 Å². The van der Waals surface area contributed by atoms with Crippen molar-refractivity contribution in [3.8, 4) is 0 Å². The predicted molar refractivity (Wildman–Crippen MR) is 74.5 cm³/mol. The molecule has 0 aliphatic carbocycles. The molecule has 2 unspecified atom stereocenters. The monoisotopic (exact) mass is 260 g/mol. The molecule has 19 heavy (non-hydrogen) atoms. The Balaban J connectivity index is 1.69. The number of carbonyl (C=O) groups is 1. The second-order valence-corrected chi connectivity index (χ2v) is 5.68. The highest BCUT2D eigenvalue weighted by molar-refractivity contribution is 5.89. The molecule has 4 nitrogen and oxygen atoms in total. The number of esters is 1. The zero-order valence-electron chi connectivity index (χ0n) is 11.5. The molecule has 1 aromatic carbocycles. The molecule has 0 amide bonds. The fourth-order valence-electron chi connectivity index (χ4n) is 3.36. The molecule has 2 fully saturated rings. The summed E-state index contributed by atoms with van der Waals surface area (Å²) >= 11 is 0. The molecule has 2 aliphatic rings. The average molecular weight is 260 g/mol. The first-order chi connectivity index (χ1) is 9.17. The Bertz CT molecular complexity index is 458. The van der Waals surface area contributed by atoms with Crippen molar-refractivity contribution >= 4 is 11.7 Å². The molecule has 2 aliphatic heterocycles. The van der Waals surface area contributed by atoms with E-state index < -0.39 is 0 Å². The van der Waals surface area contributed by atoms with Gasteiger partial charge < -0.3 is 14.5 Å². The number of hydrogen-bond donors (Lipinski definition) is 0. The zero-order valence-corrected chi connectivity index (χ0v) is 11.5. The van der Waals surface area contributed by atoms with Crippen LogP contribution in [0.3, 0.4) is 0 Å². The summed E-state index contributed by atoms with van der Waals surface area (Å²) in [5, 5.41) is 0. The molecule has 0 saturated carbocycles. The van der Waals surface area contributed by atoms with Gasteiger partial charge in [0.05, 0.1) is 12.7 Å². The van der Waals surface area contributed by atoms with Crippen molar-refractivity contribution in [1.82, 2.24) is 4.90 Å². The van der Waals surface area contributed by atoms with Crippen molar-refractivity contribution < 1.29 is 9.53 Å². The number of likely N-dealkylation sites (tertiary alicyclic amines) is 1. The smallest absolute Gasteiger partial charge is 0.337 e. The molecule has 102 valence electrons. The van der Waals surface area contributed by atoms with E-state index in [-0.39, 0.29) is 5.97 Å². The topological polar surface area (TPSA) is 32.8 Å². The Kier molecular flexibility index (Phi) is 3.19. The Morgan fingerprint density at radius 3 is 2.21 bits per heavy atom. The third kappa shape index (κ3) is 2.32. The summed E-state index contributed by atoms with van der Waals surface area (Å²) in [6.07, 6.45) is 0. The maximum Gasteiger partial charge on any atom is 0.337 e. The van der Waals surface area contributed by atoms with Gasteiger partial charge in [-0.2, -0.15) is 0 Å². The van der Waals surface area contributed by atoms with Gasteiger partial charge in [0, 0.05) is 31.9 Å². The van der Waals surface area contributed by atoms with Gasteiger partial charge in [0.25, 0.3) is 0 Å². The molecular formula is C15H20N2O2. The van der Waals surface area contributed by atoms with Gasteiger partial charge in [-0.05, 0) is 43.1 Å². The van der Waals surface area contributed by atoms with E-state index >= 15 is 0 Å². The number of methoxy groups -OCH3 is 1. The molecule has 1 aromatic rings. The minimum absolute atomic E-state index is 0.272. The van der Waals surface area contributed by atoms with Gasteiger partial charge in [-0.3, -0.25) is 0 Å². The molecule has 2 saturated heterocycles. The van der Waals surface area contributed by atoms with E-state index in [2.05, 4.69) is 16.8 Å². The highest BCUT2D eigenvalue weighted by Gasteiger charge is 2.38. The van der Waals surface area contributed by atoms with Crippen molar-refractivity contribution in [3.05, 3.63) is 29.8 Å². The summed E-state index contributed by atoms with van der Waals surface area (Å²) < 4.78 is 4.72. The van der Waals surface area contributed by atoms with E-state index in [9.17, 15) is 4.79 Å². The highest BCUT2D eigenvalue weighted by Crippen LogP contribution is 2.33. The first kappa shape index (κ1) is 12.5. The molecule has 0 aromatic heterocycles. The summed E-state index contributed by atoms with van der Waals surface area (Å²) in [5.41, 5.74) is 1.83. The normalized spacial score (nSPS) is 26.5. The van der Waals surface area contributed by atoms with Crippen LogP contribution in [0.2, 0.25) is 0 Å². The average Bonchev–Trinajstić information content (AvgIpc) is 2.95. The summed E-state index contributed by atoms with van der Waals surface area (Å²) in [4.78, 5) is 16.3. The number of anilines is 1. The molecule has 2 heterocycles. The van der Waals surface area contributed by atoms with E-state index in [4.69, 9.17) is 4.74 Å². The maximum atomic E-state index is 11.4. The van der Waals surface area contributed by atoms with Crippen LogP contribution in [-0.2, 0) is 4.74 Å². The number of fused-ring (bicyclic) bond motifs is 1. The molecule has 0 spiro atoms. The number of hydrogen-bond acceptors (Lipinski definition) is 4. The molecular weight excluding hydrogens is 240 g/mol. The second kappa shape index (κ2) is 4.85. The van der Waals surface area contributed by atoms with E-state index in [0.29, 0.717) is 5.56 Å². The van der Waals surface area contributed by atoms with Crippen molar-refractivity contribution in [2.75, 3.05) is 45.2 Å². The molecule has 0 bridgehead atoms. The molecule has 0 N–H and O–H groups in total. The van der Waals surface area contributed by atoms with E-state index in [1.165, 1.54) is 25.9 Å². The molecule has 2 atom stereocenters.